The van der Waals surface area contributed by atoms with Crippen LogP contribution in [-0.4, -0.2) is 56.3 Å². The Kier molecular flexibility index (Phi) is 6.31. The van der Waals surface area contributed by atoms with Gasteiger partial charge in [0, 0.05) is 30.7 Å². The molecule has 1 saturated heterocycles. The minimum atomic E-state index is -3.48. The second-order valence-corrected chi connectivity index (χ2v) is 9.31. The molecule has 1 aliphatic heterocycles. The highest BCUT2D eigenvalue weighted by Gasteiger charge is 2.29. The van der Waals surface area contributed by atoms with Crippen LogP contribution in [0.25, 0.3) is 0 Å². The molecule has 0 unspecified atom stereocenters. The highest BCUT2D eigenvalue weighted by molar-refractivity contribution is 9.10. The Morgan fingerprint density at radius 2 is 1.67 bits per heavy atom. The summed E-state index contributed by atoms with van der Waals surface area (Å²) in [5, 5.41) is 2.87. The zero-order chi connectivity index (χ0) is 19.4. The minimum Gasteiger partial charge on any atom is -0.324 e. The largest absolute Gasteiger partial charge is 0.324 e. The van der Waals surface area contributed by atoms with Gasteiger partial charge in [0.1, 0.15) is 0 Å². The van der Waals surface area contributed by atoms with Crippen molar-refractivity contribution in [1.29, 1.82) is 0 Å². The molecule has 1 heterocycles. The number of amides is 1. The third-order valence-corrected chi connectivity index (χ3v) is 7.11. The fourth-order valence-electron chi connectivity index (χ4n) is 2.94. The van der Waals surface area contributed by atoms with Gasteiger partial charge in [0.25, 0.3) is 0 Å². The number of sulfonamides is 1. The summed E-state index contributed by atoms with van der Waals surface area (Å²) in [5.74, 6) is -0.114. The van der Waals surface area contributed by atoms with Gasteiger partial charge in [-0.1, -0.05) is 29.8 Å². The van der Waals surface area contributed by atoms with E-state index in [0.717, 1.165) is 15.7 Å². The Morgan fingerprint density at radius 1 is 1.04 bits per heavy atom. The summed E-state index contributed by atoms with van der Waals surface area (Å²) < 4.78 is 27.8. The van der Waals surface area contributed by atoms with E-state index in [0.29, 0.717) is 31.1 Å². The van der Waals surface area contributed by atoms with Crippen molar-refractivity contribution in [2.24, 2.45) is 0 Å². The summed E-state index contributed by atoms with van der Waals surface area (Å²) in [6.45, 7) is 3.95. The average molecular weight is 452 g/mol. The van der Waals surface area contributed by atoms with Crippen LogP contribution in [-0.2, 0) is 14.8 Å². The smallest absolute Gasteiger partial charge is 0.243 e. The van der Waals surface area contributed by atoms with Gasteiger partial charge in [0.15, 0.2) is 0 Å². The Bertz CT molecular complexity index is 908. The van der Waals surface area contributed by atoms with Crippen LogP contribution in [0, 0.1) is 6.92 Å². The molecular weight excluding hydrogens is 430 g/mol. The Balaban J connectivity index is 1.55. The Morgan fingerprint density at radius 3 is 2.30 bits per heavy atom. The molecule has 2 aromatic carbocycles. The fraction of sp³-hybridized carbons (Fsp3) is 0.316. The van der Waals surface area contributed by atoms with Gasteiger partial charge in [-0.2, -0.15) is 4.31 Å². The number of halogens is 1. The fourth-order valence-corrected chi connectivity index (χ4v) is 4.75. The molecule has 1 amide bonds. The zero-order valence-corrected chi connectivity index (χ0v) is 17.5. The van der Waals surface area contributed by atoms with Crippen molar-refractivity contribution in [2.45, 2.75) is 11.8 Å². The van der Waals surface area contributed by atoms with E-state index in [4.69, 9.17) is 0 Å². The minimum absolute atomic E-state index is 0.114. The lowest BCUT2D eigenvalue weighted by atomic mass is 10.2. The van der Waals surface area contributed by atoms with Crippen LogP contribution in [0.2, 0.25) is 0 Å². The van der Waals surface area contributed by atoms with E-state index in [1.54, 1.807) is 24.3 Å². The van der Waals surface area contributed by atoms with Gasteiger partial charge in [0.05, 0.1) is 17.1 Å². The van der Waals surface area contributed by atoms with Crippen molar-refractivity contribution in [3.8, 4) is 0 Å². The van der Waals surface area contributed by atoms with Crippen molar-refractivity contribution in [3.63, 3.8) is 0 Å². The SMILES string of the molecule is Cc1ccc(S(=O)(=O)N2CCN(CC(=O)Nc3ccccc3Br)CC2)cc1. The molecule has 0 atom stereocenters. The predicted molar refractivity (Wildman–Crippen MR) is 109 cm³/mol. The number of nitrogens with zero attached hydrogens (tertiary/aromatic N) is 2. The summed E-state index contributed by atoms with van der Waals surface area (Å²) >= 11 is 3.40. The normalized spacial score (nSPS) is 16.2. The van der Waals surface area contributed by atoms with Gasteiger partial charge in [-0.25, -0.2) is 8.42 Å². The van der Waals surface area contributed by atoms with E-state index < -0.39 is 10.0 Å². The number of benzene rings is 2. The number of nitrogens with one attached hydrogen (secondary N) is 1. The Labute approximate surface area is 168 Å². The number of aryl methyl sites for hydroxylation is 1. The van der Waals surface area contributed by atoms with Gasteiger partial charge in [-0.3, -0.25) is 9.69 Å². The van der Waals surface area contributed by atoms with E-state index in [1.807, 2.05) is 36.1 Å². The lowest BCUT2D eigenvalue weighted by molar-refractivity contribution is -0.117. The Hall–Kier alpha value is -1.74. The van der Waals surface area contributed by atoms with E-state index in [1.165, 1.54) is 4.31 Å². The summed E-state index contributed by atoms with van der Waals surface area (Å²) in [5.41, 5.74) is 1.75. The van der Waals surface area contributed by atoms with Crippen LogP contribution in [0.15, 0.2) is 57.9 Å². The number of rotatable bonds is 5. The molecule has 6 nitrogen and oxygen atoms in total. The number of para-hydroxylation sites is 1. The van der Waals surface area contributed by atoms with Crippen LogP contribution in [0.1, 0.15) is 5.56 Å². The summed E-state index contributed by atoms with van der Waals surface area (Å²) in [7, 11) is -3.48. The third-order valence-electron chi connectivity index (χ3n) is 4.51. The second kappa shape index (κ2) is 8.52. The molecule has 0 spiro atoms. The van der Waals surface area contributed by atoms with Crippen molar-refractivity contribution in [2.75, 3.05) is 38.0 Å². The quantitative estimate of drug-likeness (QED) is 0.758. The van der Waals surface area contributed by atoms with Crippen LogP contribution in [0.4, 0.5) is 5.69 Å². The highest BCUT2D eigenvalue weighted by Crippen LogP contribution is 2.21. The average Bonchev–Trinajstić information content (AvgIpc) is 2.64. The molecule has 0 bridgehead atoms. The van der Waals surface area contributed by atoms with E-state index in [2.05, 4.69) is 21.2 Å². The molecule has 3 rings (SSSR count). The first-order valence-corrected chi connectivity index (χ1v) is 10.9. The van der Waals surface area contributed by atoms with Crippen molar-refractivity contribution in [3.05, 3.63) is 58.6 Å². The predicted octanol–water partition coefficient (Wildman–Crippen LogP) is 2.70. The van der Waals surface area contributed by atoms with Crippen LogP contribution >= 0.6 is 15.9 Å². The number of carbonyl (C=O) groups is 1. The topological polar surface area (TPSA) is 69.7 Å². The molecule has 0 saturated carbocycles. The molecule has 0 aliphatic carbocycles. The lowest BCUT2D eigenvalue weighted by Gasteiger charge is -2.33. The number of carbonyl (C=O) groups excluding carboxylic acids is 1. The number of hydrogen-bond acceptors (Lipinski definition) is 4. The van der Waals surface area contributed by atoms with E-state index in [-0.39, 0.29) is 12.5 Å². The first kappa shape index (κ1) is 20.0. The number of anilines is 1. The van der Waals surface area contributed by atoms with E-state index in [9.17, 15) is 13.2 Å². The van der Waals surface area contributed by atoms with E-state index >= 15 is 0 Å². The van der Waals surface area contributed by atoms with Crippen molar-refractivity contribution in [1.82, 2.24) is 9.21 Å². The monoisotopic (exact) mass is 451 g/mol. The molecule has 27 heavy (non-hydrogen) atoms. The highest BCUT2D eigenvalue weighted by atomic mass is 79.9. The van der Waals surface area contributed by atoms with Gasteiger partial charge in [0.2, 0.25) is 15.9 Å². The summed E-state index contributed by atoms with van der Waals surface area (Å²) in [6.07, 6.45) is 0. The van der Waals surface area contributed by atoms with Gasteiger partial charge in [-0.05, 0) is 47.1 Å². The van der Waals surface area contributed by atoms with Gasteiger partial charge >= 0.3 is 0 Å². The van der Waals surface area contributed by atoms with Crippen molar-refractivity contribution < 1.29 is 13.2 Å². The first-order valence-electron chi connectivity index (χ1n) is 8.70. The molecule has 2 aromatic rings. The lowest BCUT2D eigenvalue weighted by Crippen LogP contribution is -2.50. The standard InChI is InChI=1S/C19H22BrN3O3S/c1-15-6-8-16(9-7-15)27(25,26)23-12-10-22(11-13-23)14-19(24)21-18-5-3-2-4-17(18)20/h2-9H,10-14H2,1H3,(H,21,24). The molecule has 0 aromatic heterocycles. The molecular formula is C19H22BrN3O3S. The van der Waals surface area contributed by atoms with Crippen LogP contribution in [0.5, 0.6) is 0 Å². The number of piperazine rings is 1. The first-order chi connectivity index (χ1) is 12.9. The van der Waals surface area contributed by atoms with Crippen molar-refractivity contribution >= 4 is 37.5 Å². The van der Waals surface area contributed by atoms with Gasteiger partial charge < -0.3 is 5.32 Å². The maximum absolute atomic E-state index is 12.7. The molecule has 8 heteroatoms. The molecule has 1 aliphatic rings. The third kappa shape index (κ3) is 4.95. The maximum Gasteiger partial charge on any atom is 0.243 e. The van der Waals surface area contributed by atoms with Gasteiger partial charge in [-0.15, -0.1) is 0 Å². The molecule has 1 N–H and O–H groups in total. The number of hydrogen-bond donors (Lipinski definition) is 1. The maximum atomic E-state index is 12.7. The molecule has 0 radical (unpaired) electrons. The zero-order valence-electron chi connectivity index (χ0n) is 15.1. The second-order valence-electron chi connectivity index (χ2n) is 6.52. The van der Waals surface area contributed by atoms with Crippen LogP contribution < -0.4 is 5.32 Å². The summed E-state index contributed by atoms with van der Waals surface area (Å²) in [4.78, 5) is 14.5. The van der Waals surface area contributed by atoms with Crippen LogP contribution in [0.3, 0.4) is 0 Å². The molecule has 1 fully saturated rings. The molecule has 144 valence electrons. The summed E-state index contributed by atoms with van der Waals surface area (Å²) in [6, 6.07) is 14.3.